The van der Waals surface area contributed by atoms with Crippen molar-refractivity contribution in [1.82, 2.24) is 9.79 Å². The zero-order valence-electron chi connectivity index (χ0n) is 20.7. The number of para-hydroxylation sites is 1. The first-order valence-electron chi connectivity index (χ1n) is 11.5. The van der Waals surface area contributed by atoms with E-state index in [2.05, 4.69) is 78.3 Å². The number of allylic oxidation sites excluding steroid dienone is 4. The summed E-state index contributed by atoms with van der Waals surface area (Å²) in [5, 5.41) is 8.36. The standard InChI is InChI=1S/C24H19BN3.C5H8O2.Ir/c1-17-8-7-9-18(2)24(17)25-20-10-3-4-12-22(20)27-23-16-19(13-15-28(23)25)21-11-5-6-14-26-21;1-4(6)3-5(2)7;/h3-12,14-16H,1-2H3;3,6H,1-2H3;/q-1;;/b;4-3-;. The van der Waals surface area contributed by atoms with E-state index < -0.39 is 0 Å². The van der Waals surface area contributed by atoms with Gasteiger partial charge >= 0.3 is 6.85 Å². The van der Waals surface area contributed by atoms with Crippen LogP contribution in [0.4, 0.5) is 5.69 Å². The van der Waals surface area contributed by atoms with Gasteiger partial charge in [-0.05, 0) is 56.4 Å². The van der Waals surface area contributed by atoms with Crippen molar-refractivity contribution in [2.45, 2.75) is 27.7 Å². The molecule has 0 fully saturated rings. The van der Waals surface area contributed by atoms with E-state index in [0.29, 0.717) is 0 Å². The van der Waals surface area contributed by atoms with E-state index in [-0.39, 0.29) is 38.5 Å². The monoisotopic (exact) mass is 653 g/mol. The first-order chi connectivity index (χ1) is 16.8. The fourth-order valence-electron chi connectivity index (χ4n) is 4.36. The number of rotatable bonds is 3. The quantitative estimate of drug-likeness (QED) is 0.195. The molecule has 1 radical (unpaired) electrons. The summed E-state index contributed by atoms with van der Waals surface area (Å²) in [5.74, 6) is 0.859. The third-order valence-corrected chi connectivity index (χ3v) is 5.81. The molecular formula is C29H27BIrN3O2-. The average Bonchev–Trinajstić information content (AvgIpc) is 2.83. The van der Waals surface area contributed by atoms with Crippen LogP contribution in [0, 0.1) is 19.9 Å². The van der Waals surface area contributed by atoms with E-state index in [9.17, 15) is 4.79 Å². The summed E-state index contributed by atoms with van der Waals surface area (Å²) < 4.78 is 0. The Balaban J connectivity index is 0.000000400. The molecule has 5 nitrogen and oxygen atoms in total. The Morgan fingerprint density at radius 1 is 1.00 bits per heavy atom. The Labute approximate surface area is 226 Å². The van der Waals surface area contributed by atoms with E-state index >= 15 is 0 Å². The summed E-state index contributed by atoms with van der Waals surface area (Å²) in [4.78, 5) is 21.7. The molecule has 0 amide bonds. The first kappa shape index (κ1) is 27.1. The number of amidine groups is 1. The van der Waals surface area contributed by atoms with Gasteiger partial charge in [-0.3, -0.25) is 4.79 Å². The molecule has 2 aliphatic rings. The molecule has 7 heteroatoms. The number of aromatic nitrogens is 1. The second kappa shape index (κ2) is 11.9. The number of pyridine rings is 1. The van der Waals surface area contributed by atoms with Crippen LogP contribution >= 0.6 is 0 Å². The minimum atomic E-state index is -0.125. The smallest absolute Gasteiger partial charge is 0.329 e. The maximum absolute atomic E-state index is 10.0. The molecule has 3 aromatic rings. The van der Waals surface area contributed by atoms with Gasteiger partial charge in [-0.25, -0.2) is 4.99 Å². The average molecular weight is 653 g/mol. The number of carbonyl (C=O) groups is 1. The van der Waals surface area contributed by atoms with Crippen LogP contribution < -0.4 is 10.9 Å². The number of hydrogen-bond donors (Lipinski definition) is 1. The summed E-state index contributed by atoms with van der Waals surface area (Å²) >= 11 is 0. The van der Waals surface area contributed by atoms with Crippen molar-refractivity contribution in [2.75, 3.05) is 0 Å². The van der Waals surface area contributed by atoms with Gasteiger partial charge in [-0.2, -0.15) is 11.6 Å². The fraction of sp³-hybridized carbons (Fsp3) is 0.138. The van der Waals surface area contributed by atoms with Crippen molar-refractivity contribution in [3.63, 3.8) is 0 Å². The van der Waals surface area contributed by atoms with Crippen LogP contribution in [0.2, 0.25) is 0 Å². The predicted octanol–water partition coefficient (Wildman–Crippen LogP) is 4.60. The molecular weight excluding hydrogens is 625 g/mol. The van der Waals surface area contributed by atoms with Crippen molar-refractivity contribution in [2.24, 2.45) is 4.99 Å². The number of aliphatic hydroxyl groups excluding tert-OH is 1. The zero-order valence-corrected chi connectivity index (χ0v) is 23.1. The van der Waals surface area contributed by atoms with E-state index in [1.165, 1.54) is 42.0 Å². The van der Waals surface area contributed by atoms with Gasteiger partial charge in [0.1, 0.15) is 0 Å². The van der Waals surface area contributed by atoms with Gasteiger partial charge in [0.2, 0.25) is 0 Å². The van der Waals surface area contributed by atoms with Crippen LogP contribution in [-0.2, 0) is 24.9 Å². The maximum atomic E-state index is 10.0. The van der Waals surface area contributed by atoms with Crippen LogP contribution in [-0.4, -0.2) is 33.4 Å². The number of nitrogens with zero attached hydrogens (tertiary/aromatic N) is 3. The molecule has 0 saturated carbocycles. The summed E-state index contributed by atoms with van der Waals surface area (Å²) in [6, 6.07) is 20.8. The summed E-state index contributed by atoms with van der Waals surface area (Å²) in [5.41, 5.74) is 8.00. The number of ketones is 1. The van der Waals surface area contributed by atoms with Crippen molar-refractivity contribution in [1.29, 1.82) is 0 Å². The molecule has 0 atom stereocenters. The molecule has 0 saturated heterocycles. The minimum Gasteiger partial charge on any atom is -0.512 e. The summed E-state index contributed by atoms with van der Waals surface area (Å²) in [7, 11) is 0. The molecule has 5 rings (SSSR count). The van der Waals surface area contributed by atoms with Gasteiger partial charge in [-0.15, -0.1) is 6.08 Å². The Hall–Kier alpha value is -3.54. The second-order valence-corrected chi connectivity index (χ2v) is 8.59. The molecule has 0 bridgehead atoms. The van der Waals surface area contributed by atoms with Gasteiger partial charge in [-0.1, -0.05) is 65.9 Å². The molecule has 183 valence electrons. The van der Waals surface area contributed by atoms with E-state index in [0.717, 1.165) is 22.8 Å². The van der Waals surface area contributed by atoms with E-state index in [4.69, 9.17) is 10.1 Å². The largest absolute Gasteiger partial charge is 0.512 e. The van der Waals surface area contributed by atoms with Crippen LogP contribution in [0.1, 0.15) is 30.7 Å². The van der Waals surface area contributed by atoms with Gasteiger partial charge in [0, 0.05) is 32.4 Å². The van der Waals surface area contributed by atoms with Gasteiger partial charge in [0.15, 0.2) is 5.78 Å². The molecule has 1 aromatic heterocycles. The third-order valence-electron chi connectivity index (χ3n) is 5.81. The van der Waals surface area contributed by atoms with Crippen LogP contribution in [0.3, 0.4) is 0 Å². The number of hydrogen-bond acceptors (Lipinski definition) is 5. The first-order valence-corrected chi connectivity index (χ1v) is 11.5. The number of carbonyl (C=O) groups excluding carboxylic acids is 1. The molecule has 36 heavy (non-hydrogen) atoms. The Kier molecular flexibility index (Phi) is 8.97. The second-order valence-electron chi connectivity index (χ2n) is 8.59. The van der Waals surface area contributed by atoms with Crippen molar-refractivity contribution >= 4 is 40.7 Å². The van der Waals surface area contributed by atoms with Crippen LogP contribution in [0.15, 0.2) is 96.0 Å². The number of aryl methyl sites for hydroxylation is 2. The Morgan fingerprint density at radius 3 is 2.31 bits per heavy atom. The zero-order chi connectivity index (χ0) is 24.9. The van der Waals surface area contributed by atoms with E-state index in [1.807, 2.05) is 30.6 Å². The topological polar surface area (TPSA) is 65.8 Å². The van der Waals surface area contributed by atoms with Crippen LogP contribution in [0.25, 0.3) is 5.57 Å². The van der Waals surface area contributed by atoms with Gasteiger partial charge in [0.25, 0.3) is 0 Å². The number of benzene rings is 2. The predicted molar refractivity (Wildman–Crippen MR) is 143 cm³/mol. The molecule has 2 aliphatic heterocycles. The minimum absolute atomic E-state index is 0. The fourth-order valence-corrected chi connectivity index (χ4v) is 4.36. The van der Waals surface area contributed by atoms with Crippen molar-refractivity contribution in [3.8, 4) is 0 Å². The van der Waals surface area contributed by atoms with Gasteiger partial charge < -0.3 is 14.9 Å². The SMILES string of the molecule is CC(=O)/C=C(/C)O.Cc1cccc(C)c1B1c2ccccc2N=C2C=C(c3ccccn3)[C-]=CN12.[Ir]. The maximum Gasteiger partial charge on any atom is 0.329 e. The Morgan fingerprint density at radius 2 is 1.69 bits per heavy atom. The number of fused-ring (bicyclic) bond motifs is 2. The molecule has 0 unspecified atom stereocenters. The molecule has 2 aromatic carbocycles. The number of aliphatic imine (C=N–C) groups is 1. The summed E-state index contributed by atoms with van der Waals surface area (Å²) in [6.07, 6.45) is 10.5. The molecule has 3 heterocycles. The van der Waals surface area contributed by atoms with E-state index in [1.54, 1.807) is 0 Å². The third kappa shape index (κ3) is 5.99. The summed E-state index contributed by atoms with van der Waals surface area (Å²) in [6.45, 7) is 7.30. The molecule has 0 spiro atoms. The molecule has 1 N–H and O–H groups in total. The normalized spacial score (nSPS) is 13.8. The van der Waals surface area contributed by atoms with Crippen molar-refractivity contribution in [3.05, 3.63) is 114 Å². The number of aliphatic hydroxyl groups is 1. The van der Waals surface area contributed by atoms with Crippen LogP contribution in [0.5, 0.6) is 0 Å². The van der Waals surface area contributed by atoms with Gasteiger partial charge in [0.05, 0.1) is 17.3 Å². The molecule has 0 aliphatic carbocycles. The Bertz CT molecular complexity index is 1360. The van der Waals surface area contributed by atoms with Crippen molar-refractivity contribution < 1.29 is 30.0 Å².